The fourth-order valence-corrected chi connectivity index (χ4v) is 3.72. The number of nitrogens with one attached hydrogen (secondary N) is 1. The number of benzene rings is 1. The van der Waals surface area contributed by atoms with Crippen molar-refractivity contribution < 1.29 is 24.0 Å². The molecule has 3 rings (SSSR count). The summed E-state index contributed by atoms with van der Waals surface area (Å²) in [7, 11) is 0. The highest BCUT2D eigenvalue weighted by atomic mass is 16.5. The molecule has 2 heterocycles. The molecule has 0 saturated carbocycles. The van der Waals surface area contributed by atoms with E-state index in [1.165, 1.54) is 16.2 Å². The van der Waals surface area contributed by atoms with Crippen LogP contribution in [0.2, 0.25) is 0 Å². The molecule has 1 N–H and O–H groups in total. The Morgan fingerprint density at radius 3 is 2.48 bits per heavy atom. The van der Waals surface area contributed by atoms with Crippen LogP contribution in [0.4, 0.5) is 5.69 Å². The van der Waals surface area contributed by atoms with Gasteiger partial charge >= 0.3 is 5.97 Å². The molecule has 2 aliphatic rings. The number of hydrogen-bond acceptors (Lipinski definition) is 4. The Balaban J connectivity index is 1.69. The van der Waals surface area contributed by atoms with Crippen molar-refractivity contribution in [3.05, 3.63) is 29.8 Å². The Morgan fingerprint density at radius 1 is 1.16 bits per heavy atom. The summed E-state index contributed by atoms with van der Waals surface area (Å²) < 4.78 is 4.93. The van der Waals surface area contributed by atoms with Crippen molar-refractivity contribution in [1.82, 2.24) is 0 Å². The summed E-state index contributed by atoms with van der Waals surface area (Å²) in [6.07, 6.45) is 3.94. The molecule has 1 atom stereocenters. The topological polar surface area (TPSA) is 68.1 Å². The number of likely N-dealkylation sites (tertiary alicyclic amines) is 1. The molecule has 2 amide bonds. The first kappa shape index (κ1) is 17.6. The fourth-order valence-electron chi connectivity index (χ4n) is 3.72. The van der Waals surface area contributed by atoms with Gasteiger partial charge in [-0.25, -0.2) is 4.90 Å². The first-order valence-electron chi connectivity index (χ1n) is 9.06. The quantitative estimate of drug-likeness (QED) is 0.623. The van der Waals surface area contributed by atoms with Crippen molar-refractivity contribution in [3.8, 4) is 0 Å². The van der Waals surface area contributed by atoms with Crippen LogP contribution < -0.4 is 9.80 Å². The van der Waals surface area contributed by atoms with Crippen molar-refractivity contribution in [2.75, 3.05) is 24.6 Å². The van der Waals surface area contributed by atoms with Crippen LogP contribution in [0.15, 0.2) is 24.3 Å². The van der Waals surface area contributed by atoms with Crippen molar-refractivity contribution >= 4 is 23.5 Å². The lowest BCUT2D eigenvalue weighted by Gasteiger charge is -2.27. The van der Waals surface area contributed by atoms with Gasteiger partial charge in [0, 0.05) is 0 Å². The van der Waals surface area contributed by atoms with Crippen molar-refractivity contribution in [1.29, 1.82) is 0 Å². The summed E-state index contributed by atoms with van der Waals surface area (Å²) in [6.45, 7) is 4.06. The molecule has 134 valence electrons. The Morgan fingerprint density at radius 2 is 1.84 bits per heavy atom. The fraction of sp³-hybridized carbons (Fsp3) is 0.526. The van der Waals surface area contributed by atoms with E-state index in [0.29, 0.717) is 18.7 Å². The van der Waals surface area contributed by atoms with Gasteiger partial charge in [-0.15, -0.1) is 0 Å². The first-order valence-corrected chi connectivity index (χ1v) is 9.06. The van der Waals surface area contributed by atoms with Crippen LogP contribution in [-0.2, 0) is 25.5 Å². The molecule has 0 bridgehead atoms. The minimum Gasteiger partial charge on any atom is -0.466 e. The standard InChI is InChI=1S/C19H24N2O4/c1-2-25-18(23)12-14-6-8-15(9-7-14)21-17(22)13-16(19(21)24)20-10-4-3-5-11-20/h6-9,16H,2-5,10-13H2,1H3/p+1/t16-/m0/s1. The monoisotopic (exact) mass is 345 g/mol. The van der Waals surface area contributed by atoms with Crippen LogP contribution in [0.3, 0.4) is 0 Å². The molecule has 6 nitrogen and oxygen atoms in total. The van der Waals surface area contributed by atoms with E-state index in [1.807, 2.05) is 0 Å². The van der Waals surface area contributed by atoms with E-state index in [4.69, 9.17) is 4.74 Å². The molecular weight excluding hydrogens is 320 g/mol. The van der Waals surface area contributed by atoms with Gasteiger partial charge in [0.2, 0.25) is 5.91 Å². The zero-order valence-corrected chi connectivity index (χ0v) is 14.6. The minimum absolute atomic E-state index is 0.0972. The lowest BCUT2D eigenvalue weighted by molar-refractivity contribution is -0.919. The highest BCUT2D eigenvalue weighted by Gasteiger charge is 2.45. The highest BCUT2D eigenvalue weighted by Crippen LogP contribution is 2.23. The zero-order valence-electron chi connectivity index (χ0n) is 14.6. The third-order valence-corrected chi connectivity index (χ3v) is 4.98. The second-order valence-electron chi connectivity index (χ2n) is 6.69. The van der Waals surface area contributed by atoms with Gasteiger partial charge in [-0.1, -0.05) is 12.1 Å². The molecule has 0 unspecified atom stereocenters. The molecule has 0 radical (unpaired) electrons. The molecule has 0 aliphatic carbocycles. The second kappa shape index (κ2) is 7.78. The van der Waals surface area contributed by atoms with E-state index in [2.05, 4.69) is 0 Å². The molecular formula is C19H25N2O4+. The molecule has 0 aromatic heterocycles. The highest BCUT2D eigenvalue weighted by molar-refractivity contribution is 6.21. The smallest absolute Gasteiger partial charge is 0.310 e. The van der Waals surface area contributed by atoms with Gasteiger partial charge in [-0.3, -0.25) is 14.4 Å². The molecule has 2 aliphatic heterocycles. The molecule has 1 aromatic carbocycles. The predicted molar refractivity (Wildman–Crippen MR) is 92.2 cm³/mol. The van der Waals surface area contributed by atoms with Crippen molar-refractivity contribution in [2.24, 2.45) is 0 Å². The molecule has 2 saturated heterocycles. The number of piperidine rings is 1. The Kier molecular flexibility index (Phi) is 5.48. The number of ether oxygens (including phenoxy) is 1. The lowest BCUT2D eigenvalue weighted by atomic mass is 10.1. The summed E-state index contributed by atoms with van der Waals surface area (Å²) in [5.74, 6) is -0.511. The van der Waals surface area contributed by atoms with Crippen LogP contribution in [-0.4, -0.2) is 43.5 Å². The zero-order chi connectivity index (χ0) is 17.8. The van der Waals surface area contributed by atoms with Gasteiger partial charge in [0.1, 0.15) is 0 Å². The third-order valence-electron chi connectivity index (χ3n) is 4.98. The Labute approximate surface area is 147 Å². The normalized spacial score (nSPS) is 21.6. The summed E-state index contributed by atoms with van der Waals surface area (Å²) in [5, 5.41) is 0. The lowest BCUT2D eigenvalue weighted by Crippen LogP contribution is -3.17. The van der Waals surface area contributed by atoms with E-state index in [1.54, 1.807) is 31.2 Å². The molecule has 1 aromatic rings. The van der Waals surface area contributed by atoms with E-state index < -0.39 is 0 Å². The van der Waals surface area contributed by atoms with Crippen LogP contribution in [0.1, 0.15) is 38.2 Å². The van der Waals surface area contributed by atoms with Crippen molar-refractivity contribution in [2.45, 2.75) is 45.1 Å². The molecule has 2 fully saturated rings. The number of carbonyl (C=O) groups is 3. The van der Waals surface area contributed by atoms with E-state index in [-0.39, 0.29) is 30.2 Å². The van der Waals surface area contributed by atoms with Gasteiger partial charge < -0.3 is 9.64 Å². The second-order valence-corrected chi connectivity index (χ2v) is 6.69. The summed E-state index contributed by atoms with van der Waals surface area (Å²) in [4.78, 5) is 39.3. The number of amides is 2. The van der Waals surface area contributed by atoms with Gasteiger partial charge in [-0.05, 0) is 43.9 Å². The summed E-state index contributed by atoms with van der Waals surface area (Å²) in [6, 6.07) is 6.77. The first-order chi connectivity index (χ1) is 12.1. The van der Waals surface area contributed by atoms with Crippen LogP contribution in [0.5, 0.6) is 0 Å². The number of imide groups is 1. The number of hydrogen-bond donors (Lipinski definition) is 1. The van der Waals surface area contributed by atoms with Crippen LogP contribution in [0, 0.1) is 0 Å². The average molecular weight is 345 g/mol. The Bertz CT molecular complexity index is 650. The maximum Gasteiger partial charge on any atom is 0.310 e. The summed E-state index contributed by atoms with van der Waals surface area (Å²) in [5.41, 5.74) is 1.39. The molecule has 0 spiro atoms. The van der Waals surface area contributed by atoms with Gasteiger partial charge in [0.15, 0.2) is 6.04 Å². The van der Waals surface area contributed by atoms with E-state index in [0.717, 1.165) is 31.5 Å². The maximum atomic E-state index is 12.8. The number of carbonyl (C=O) groups excluding carboxylic acids is 3. The number of esters is 1. The van der Waals surface area contributed by atoms with Gasteiger partial charge in [0.25, 0.3) is 5.91 Å². The molecule has 6 heteroatoms. The minimum atomic E-state index is -0.280. The SMILES string of the molecule is CCOC(=O)Cc1ccc(N2C(=O)C[C@H]([NH+]3CCCCC3)C2=O)cc1. The predicted octanol–water partition coefficient (Wildman–Crippen LogP) is 0.493. The maximum absolute atomic E-state index is 12.8. The molecule has 25 heavy (non-hydrogen) atoms. The summed E-state index contributed by atoms with van der Waals surface area (Å²) >= 11 is 0. The number of anilines is 1. The van der Waals surface area contributed by atoms with Crippen LogP contribution >= 0.6 is 0 Å². The van der Waals surface area contributed by atoms with E-state index >= 15 is 0 Å². The number of rotatable bonds is 5. The Hall–Kier alpha value is -2.21. The van der Waals surface area contributed by atoms with Gasteiger partial charge in [-0.2, -0.15) is 0 Å². The average Bonchev–Trinajstić information content (AvgIpc) is 2.91. The van der Waals surface area contributed by atoms with Gasteiger partial charge in [0.05, 0.1) is 38.2 Å². The third kappa shape index (κ3) is 3.90. The van der Waals surface area contributed by atoms with Crippen molar-refractivity contribution in [3.63, 3.8) is 0 Å². The van der Waals surface area contributed by atoms with Crippen LogP contribution in [0.25, 0.3) is 0 Å². The number of nitrogens with zero attached hydrogens (tertiary/aromatic N) is 1. The number of quaternary nitrogens is 1. The van der Waals surface area contributed by atoms with E-state index in [9.17, 15) is 14.4 Å². The largest absolute Gasteiger partial charge is 0.466 e.